The van der Waals surface area contributed by atoms with Gasteiger partial charge in [0.1, 0.15) is 5.82 Å². The van der Waals surface area contributed by atoms with Crippen molar-refractivity contribution in [2.24, 2.45) is 0 Å². The fourth-order valence-electron chi connectivity index (χ4n) is 3.13. The largest absolute Gasteiger partial charge is 0.504 e. The Hall–Kier alpha value is -2.25. The number of fused-ring (bicyclic) bond motifs is 1. The molecule has 1 aliphatic carbocycles. The molecule has 0 aliphatic heterocycles. The van der Waals surface area contributed by atoms with Crippen molar-refractivity contribution in [1.29, 1.82) is 0 Å². The average molecular weight is 386 g/mol. The first kappa shape index (κ1) is 22.0. The molecule has 0 fully saturated rings. The molecule has 3 N–H and O–H groups in total. The number of unbranched alkanes of at least 4 members (excludes halogenated alkanes) is 1. The van der Waals surface area contributed by atoms with E-state index in [0.717, 1.165) is 55.4 Å². The first-order valence-corrected chi connectivity index (χ1v) is 10.0. The lowest BCUT2D eigenvalue weighted by Crippen LogP contribution is -2.31. The maximum atomic E-state index is 9.79. The Bertz CT molecular complexity index is 877. The van der Waals surface area contributed by atoms with E-state index in [9.17, 15) is 5.11 Å². The van der Waals surface area contributed by atoms with Crippen molar-refractivity contribution >= 4 is 19.3 Å². The number of aromatic nitrogens is 2. The zero-order chi connectivity index (χ0) is 20.5. The van der Waals surface area contributed by atoms with Gasteiger partial charge in [0.15, 0.2) is 11.5 Å². The normalized spacial score (nSPS) is 12.2. The second-order valence-electron chi connectivity index (χ2n) is 6.85. The lowest BCUT2D eigenvalue weighted by atomic mass is 9.85. The van der Waals surface area contributed by atoms with Gasteiger partial charge in [-0.2, -0.15) is 0 Å². The second kappa shape index (κ2) is 10.9. The molecule has 0 saturated carbocycles. The van der Waals surface area contributed by atoms with E-state index in [2.05, 4.69) is 23.6 Å². The second-order valence-corrected chi connectivity index (χ2v) is 6.85. The minimum absolute atomic E-state index is 0.154. The van der Waals surface area contributed by atoms with Gasteiger partial charge in [-0.3, -0.25) is 0 Å². The molecule has 28 heavy (non-hydrogen) atoms. The van der Waals surface area contributed by atoms with Crippen LogP contribution in [0, 0.1) is 0 Å². The van der Waals surface area contributed by atoms with Gasteiger partial charge in [0, 0.05) is 12.1 Å². The molecule has 7 heteroatoms. The van der Waals surface area contributed by atoms with Crippen molar-refractivity contribution in [3.05, 3.63) is 28.9 Å². The van der Waals surface area contributed by atoms with Gasteiger partial charge in [-0.25, -0.2) is 4.98 Å². The maximum Gasteiger partial charge on any atom is 0.451 e. The number of ether oxygens (including phenoxy) is 1. The van der Waals surface area contributed by atoms with E-state index in [1.165, 1.54) is 5.35 Å². The van der Waals surface area contributed by atoms with Crippen LogP contribution >= 0.6 is 0 Å². The first-order valence-electron chi connectivity index (χ1n) is 10.0. The fourth-order valence-corrected chi connectivity index (χ4v) is 3.13. The molecule has 1 aliphatic rings. The Morgan fingerprint density at radius 3 is 2.50 bits per heavy atom. The van der Waals surface area contributed by atoms with E-state index in [-0.39, 0.29) is 5.75 Å². The summed E-state index contributed by atoms with van der Waals surface area (Å²) in [6, 6.07) is 5.42. The minimum Gasteiger partial charge on any atom is -0.504 e. The SMILES string of the molecule is CCCB(O)O.CCCCn1c(-c2ccc(O)c(OC)c2)nc2c1=CCCC=2. The molecule has 0 spiro atoms. The van der Waals surface area contributed by atoms with Gasteiger partial charge in [0.2, 0.25) is 0 Å². The van der Waals surface area contributed by atoms with E-state index < -0.39 is 7.12 Å². The van der Waals surface area contributed by atoms with Crippen LogP contribution in [0.4, 0.5) is 0 Å². The molecule has 0 atom stereocenters. The summed E-state index contributed by atoms with van der Waals surface area (Å²) in [4.78, 5) is 4.82. The predicted molar refractivity (Wildman–Crippen MR) is 113 cm³/mol. The lowest BCUT2D eigenvalue weighted by molar-refractivity contribution is 0.373. The lowest BCUT2D eigenvalue weighted by Gasteiger charge is -2.10. The van der Waals surface area contributed by atoms with Crippen molar-refractivity contribution in [3.8, 4) is 22.9 Å². The fraction of sp³-hybridized carbons (Fsp3) is 0.476. The van der Waals surface area contributed by atoms with Crippen LogP contribution in [-0.4, -0.2) is 38.9 Å². The Kier molecular flexibility index (Phi) is 8.60. The number of hydrogen-bond donors (Lipinski definition) is 3. The van der Waals surface area contributed by atoms with Crippen LogP contribution in [0.2, 0.25) is 6.32 Å². The molecule has 0 bridgehead atoms. The Labute approximate surface area is 167 Å². The highest BCUT2D eigenvalue weighted by molar-refractivity contribution is 6.40. The summed E-state index contributed by atoms with van der Waals surface area (Å²) in [5, 5.41) is 28.3. The zero-order valence-electron chi connectivity index (χ0n) is 17.1. The highest BCUT2D eigenvalue weighted by Gasteiger charge is 2.13. The molecule has 152 valence electrons. The van der Waals surface area contributed by atoms with E-state index in [4.69, 9.17) is 19.8 Å². The monoisotopic (exact) mass is 386 g/mol. The molecule has 1 aromatic carbocycles. The van der Waals surface area contributed by atoms with Gasteiger partial charge >= 0.3 is 7.12 Å². The molecule has 2 aromatic rings. The van der Waals surface area contributed by atoms with Crippen LogP contribution in [-0.2, 0) is 6.54 Å². The number of nitrogens with zero attached hydrogens (tertiary/aromatic N) is 2. The standard InChI is InChI=1S/C18H22N2O2.C3H9BO2/c1-3-4-11-20-15-8-6-5-7-14(15)19-18(20)13-9-10-16(21)17(12-13)22-2;1-2-3-4(5)6/h7-10,12,21H,3-6,11H2,1-2H3;5-6H,2-3H2,1H3. The van der Waals surface area contributed by atoms with Gasteiger partial charge in [0.05, 0.1) is 17.8 Å². The van der Waals surface area contributed by atoms with Crippen molar-refractivity contribution in [2.75, 3.05) is 7.11 Å². The van der Waals surface area contributed by atoms with Gasteiger partial charge in [-0.15, -0.1) is 0 Å². The van der Waals surface area contributed by atoms with Crippen LogP contribution in [0.1, 0.15) is 46.0 Å². The Balaban J connectivity index is 0.000000409. The highest BCUT2D eigenvalue weighted by Crippen LogP contribution is 2.30. The zero-order valence-corrected chi connectivity index (χ0v) is 17.1. The number of rotatable bonds is 7. The number of benzene rings is 1. The van der Waals surface area contributed by atoms with Crippen LogP contribution in [0.5, 0.6) is 11.5 Å². The molecule has 3 rings (SSSR count). The molecule has 0 radical (unpaired) electrons. The Morgan fingerprint density at radius 1 is 1.14 bits per heavy atom. The Morgan fingerprint density at radius 2 is 1.89 bits per heavy atom. The third kappa shape index (κ3) is 5.63. The molecule has 0 unspecified atom stereocenters. The summed E-state index contributed by atoms with van der Waals surface area (Å²) in [6.07, 6.45) is 10.2. The third-order valence-electron chi connectivity index (χ3n) is 4.60. The van der Waals surface area contributed by atoms with E-state index in [1.807, 2.05) is 19.1 Å². The van der Waals surface area contributed by atoms with E-state index in [0.29, 0.717) is 12.1 Å². The van der Waals surface area contributed by atoms with Crippen LogP contribution in [0.15, 0.2) is 18.2 Å². The van der Waals surface area contributed by atoms with Gasteiger partial charge in [-0.1, -0.05) is 38.8 Å². The number of hydrogen-bond acceptors (Lipinski definition) is 5. The van der Waals surface area contributed by atoms with Crippen molar-refractivity contribution in [3.63, 3.8) is 0 Å². The molecule has 0 amide bonds. The predicted octanol–water partition coefficient (Wildman–Crippen LogP) is 2.29. The molecular formula is C21H31BN2O4. The summed E-state index contributed by atoms with van der Waals surface area (Å²) in [5.74, 6) is 1.58. The van der Waals surface area contributed by atoms with E-state index >= 15 is 0 Å². The topological polar surface area (TPSA) is 87.7 Å². The molecule has 1 aromatic heterocycles. The smallest absolute Gasteiger partial charge is 0.451 e. The van der Waals surface area contributed by atoms with E-state index in [1.54, 1.807) is 13.2 Å². The van der Waals surface area contributed by atoms with Crippen LogP contribution < -0.4 is 15.4 Å². The number of methoxy groups -OCH3 is 1. The number of imidazole rings is 1. The first-order chi connectivity index (χ1) is 13.5. The molecule has 0 saturated heterocycles. The molecule has 6 nitrogen and oxygen atoms in total. The molecule has 1 heterocycles. The summed E-state index contributed by atoms with van der Waals surface area (Å²) < 4.78 is 7.52. The minimum atomic E-state index is -1.10. The van der Waals surface area contributed by atoms with Gasteiger partial charge in [0.25, 0.3) is 0 Å². The number of phenols is 1. The van der Waals surface area contributed by atoms with Crippen LogP contribution in [0.25, 0.3) is 23.5 Å². The number of aromatic hydroxyl groups is 1. The highest BCUT2D eigenvalue weighted by atomic mass is 16.5. The summed E-state index contributed by atoms with van der Waals surface area (Å²) in [6.45, 7) is 5.06. The van der Waals surface area contributed by atoms with Gasteiger partial charge in [-0.05, 0) is 43.8 Å². The van der Waals surface area contributed by atoms with Crippen molar-refractivity contribution in [2.45, 2.75) is 58.8 Å². The number of phenolic OH excluding ortho intramolecular Hbond substituents is 1. The third-order valence-corrected chi connectivity index (χ3v) is 4.60. The van der Waals surface area contributed by atoms with Crippen molar-refractivity contribution < 1.29 is 19.9 Å². The average Bonchev–Trinajstić information content (AvgIpc) is 3.05. The quantitative estimate of drug-likeness (QED) is 0.636. The summed E-state index contributed by atoms with van der Waals surface area (Å²) in [7, 11) is 0.463. The van der Waals surface area contributed by atoms with Gasteiger partial charge < -0.3 is 24.5 Å². The van der Waals surface area contributed by atoms with Crippen molar-refractivity contribution in [1.82, 2.24) is 9.55 Å². The van der Waals surface area contributed by atoms with Crippen LogP contribution in [0.3, 0.4) is 0 Å². The summed E-state index contributed by atoms with van der Waals surface area (Å²) >= 11 is 0. The maximum absolute atomic E-state index is 9.79. The molecular weight excluding hydrogens is 355 g/mol. The summed E-state index contributed by atoms with van der Waals surface area (Å²) in [5.41, 5.74) is 0.974.